The number of amides is 2. The van der Waals surface area contributed by atoms with Crippen LogP contribution in [0.15, 0.2) is 16.8 Å². The zero-order chi connectivity index (χ0) is 10.8. The van der Waals surface area contributed by atoms with Crippen LogP contribution in [-0.4, -0.2) is 41.6 Å². The van der Waals surface area contributed by atoms with E-state index in [0.717, 1.165) is 10.6 Å². The van der Waals surface area contributed by atoms with Crippen molar-refractivity contribution < 1.29 is 14.7 Å². The van der Waals surface area contributed by atoms with E-state index >= 15 is 0 Å². The van der Waals surface area contributed by atoms with Gasteiger partial charge in [-0.3, -0.25) is 9.69 Å². The van der Waals surface area contributed by atoms with Crippen LogP contribution in [0, 0.1) is 0 Å². The van der Waals surface area contributed by atoms with Gasteiger partial charge in [-0.05, 0) is 11.4 Å². The first kappa shape index (κ1) is 9.97. The molecule has 0 saturated carbocycles. The average Bonchev–Trinajstić information content (AvgIpc) is 2.70. The van der Waals surface area contributed by atoms with Crippen molar-refractivity contribution in [2.75, 3.05) is 24.5 Å². The fraction of sp³-hybridized carbons (Fsp3) is 0.333. The highest BCUT2D eigenvalue weighted by Crippen LogP contribution is 2.20. The topological polar surface area (TPSA) is 60.9 Å². The molecule has 80 valence electrons. The van der Waals surface area contributed by atoms with Crippen LogP contribution in [0.3, 0.4) is 0 Å². The molecule has 2 amide bonds. The van der Waals surface area contributed by atoms with Gasteiger partial charge in [-0.1, -0.05) is 0 Å². The van der Waals surface area contributed by atoms with Gasteiger partial charge in [-0.2, -0.15) is 11.3 Å². The molecule has 0 aromatic carbocycles. The summed E-state index contributed by atoms with van der Waals surface area (Å²) < 4.78 is 0. The lowest BCUT2D eigenvalue weighted by atomic mass is 10.3. The lowest BCUT2D eigenvalue weighted by Gasteiger charge is -2.32. The normalized spacial score (nSPS) is 16.9. The summed E-state index contributed by atoms with van der Waals surface area (Å²) in [5.41, 5.74) is 0.857. The van der Waals surface area contributed by atoms with Crippen LogP contribution in [0.2, 0.25) is 0 Å². The van der Waals surface area contributed by atoms with Gasteiger partial charge in [0.05, 0.1) is 5.69 Å². The molecule has 0 unspecified atom stereocenters. The van der Waals surface area contributed by atoms with Gasteiger partial charge in [0.1, 0.15) is 6.54 Å². The van der Waals surface area contributed by atoms with Crippen LogP contribution in [0.5, 0.6) is 0 Å². The molecule has 2 rings (SSSR count). The lowest BCUT2D eigenvalue weighted by molar-refractivity contribution is -0.120. The molecule has 1 aliphatic rings. The monoisotopic (exact) mass is 226 g/mol. The Balaban J connectivity index is 2.08. The summed E-state index contributed by atoms with van der Waals surface area (Å²) in [6.07, 6.45) is -1.03. The summed E-state index contributed by atoms with van der Waals surface area (Å²) in [6, 6.07) is 1.86. The number of rotatable bonds is 1. The predicted octanol–water partition coefficient (Wildman–Crippen LogP) is 1.07. The zero-order valence-corrected chi connectivity index (χ0v) is 8.74. The van der Waals surface area contributed by atoms with E-state index in [2.05, 4.69) is 0 Å². The highest BCUT2D eigenvalue weighted by atomic mass is 32.1. The van der Waals surface area contributed by atoms with E-state index in [1.807, 2.05) is 16.8 Å². The zero-order valence-electron chi connectivity index (χ0n) is 7.92. The number of thiophene rings is 1. The third-order valence-electron chi connectivity index (χ3n) is 2.31. The SMILES string of the molecule is O=C(O)N1CCN(c2ccsc2)C(=O)C1. The number of carbonyl (C=O) groups is 2. The molecule has 1 N–H and O–H groups in total. The molecule has 1 aliphatic heterocycles. The Morgan fingerprint density at radius 3 is 2.80 bits per heavy atom. The number of carbonyl (C=O) groups excluding carboxylic acids is 1. The Bertz CT molecular complexity index is 377. The van der Waals surface area contributed by atoms with Gasteiger partial charge in [0.2, 0.25) is 5.91 Å². The molecule has 0 aliphatic carbocycles. The Morgan fingerprint density at radius 1 is 1.47 bits per heavy atom. The summed E-state index contributed by atoms with van der Waals surface area (Å²) in [7, 11) is 0. The van der Waals surface area contributed by atoms with Crippen molar-refractivity contribution in [3.05, 3.63) is 16.8 Å². The van der Waals surface area contributed by atoms with Crippen molar-refractivity contribution >= 4 is 29.0 Å². The van der Waals surface area contributed by atoms with Crippen LogP contribution >= 0.6 is 11.3 Å². The third-order valence-corrected chi connectivity index (χ3v) is 2.98. The summed E-state index contributed by atoms with van der Waals surface area (Å²) in [5.74, 6) is -0.165. The van der Waals surface area contributed by atoms with Gasteiger partial charge < -0.3 is 10.0 Å². The Hall–Kier alpha value is -1.56. The highest BCUT2D eigenvalue weighted by Gasteiger charge is 2.27. The molecule has 1 aromatic rings. The van der Waals surface area contributed by atoms with Crippen molar-refractivity contribution in [3.63, 3.8) is 0 Å². The van der Waals surface area contributed by atoms with Crippen molar-refractivity contribution in [3.8, 4) is 0 Å². The first-order valence-corrected chi connectivity index (χ1v) is 5.43. The van der Waals surface area contributed by atoms with Crippen molar-refractivity contribution in [1.82, 2.24) is 4.90 Å². The van der Waals surface area contributed by atoms with Gasteiger partial charge in [0.15, 0.2) is 0 Å². The van der Waals surface area contributed by atoms with Gasteiger partial charge in [-0.25, -0.2) is 4.79 Å². The number of hydrogen-bond donors (Lipinski definition) is 1. The molecule has 1 aromatic heterocycles. The maximum atomic E-state index is 11.6. The number of nitrogens with zero attached hydrogens (tertiary/aromatic N) is 2. The third kappa shape index (κ3) is 1.94. The predicted molar refractivity (Wildman–Crippen MR) is 56.3 cm³/mol. The van der Waals surface area contributed by atoms with Crippen molar-refractivity contribution in [2.45, 2.75) is 0 Å². The summed E-state index contributed by atoms with van der Waals surface area (Å²) in [6.45, 7) is 0.754. The maximum Gasteiger partial charge on any atom is 0.407 e. The average molecular weight is 226 g/mol. The molecule has 15 heavy (non-hydrogen) atoms. The quantitative estimate of drug-likeness (QED) is 0.779. The first-order valence-electron chi connectivity index (χ1n) is 4.49. The Labute approximate surface area is 90.5 Å². The second kappa shape index (κ2) is 3.90. The van der Waals surface area contributed by atoms with E-state index in [-0.39, 0.29) is 12.5 Å². The molecule has 1 saturated heterocycles. The fourth-order valence-electron chi connectivity index (χ4n) is 1.52. The first-order chi connectivity index (χ1) is 7.18. The summed E-state index contributed by atoms with van der Waals surface area (Å²) in [5, 5.41) is 12.5. The minimum atomic E-state index is -1.03. The van der Waals surface area contributed by atoms with Gasteiger partial charge in [0, 0.05) is 18.5 Å². The van der Waals surface area contributed by atoms with E-state index in [0.29, 0.717) is 13.1 Å². The van der Waals surface area contributed by atoms with Gasteiger partial charge >= 0.3 is 6.09 Å². The lowest BCUT2D eigenvalue weighted by Crippen LogP contribution is -2.52. The Morgan fingerprint density at radius 2 is 2.27 bits per heavy atom. The standard InChI is InChI=1S/C9H10N2O3S/c12-8-5-10(9(13)14)2-3-11(8)7-1-4-15-6-7/h1,4,6H,2-3,5H2,(H,13,14). The minimum Gasteiger partial charge on any atom is -0.465 e. The smallest absolute Gasteiger partial charge is 0.407 e. The maximum absolute atomic E-state index is 11.6. The molecule has 6 heteroatoms. The number of hydrogen-bond acceptors (Lipinski definition) is 3. The fourth-order valence-corrected chi connectivity index (χ4v) is 2.16. The second-order valence-electron chi connectivity index (χ2n) is 3.23. The molecule has 0 spiro atoms. The van der Waals surface area contributed by atoms with Crippen molar-refractivity contribution in [2.24, 2.45) is 0 Å². The van der Waals surface area contributed by atoms with Crippen LogP contribution < -0.4 is 4.90 Å². The van der Waals surface area contributed by atoms with Crippen LogP contribution in [-0.2, 0) is 4.79 Å². The molecule has 1 fully saturated rings. The molecular formula is C9H10N2O3S. The van der Waals surface area contributed by atoms with E-state index in [9.17, 15) is 9.59 Å². The number of anilines is 1. The number of piperazine rings is 1. The molecular weight excluding hydrogens is 216 g/mol. The molecule has 2 heterocycles. The molecule has 0 atom stereocenters. The summed E-state index contributed by atoms with van der Waals surface area (Å²) in [4.78, 5) is 25.0. The van der Waals surface area contributed by atoms with Gasteiger partial charge in [0.25, 0.3) is 0 Å². The van der Waals surface area contributed by atoms with E-state index < -0.39 is 6.09 Å². The van der Waals surface area contributed by atoms with Crippen LogP contribution in [0.4, 0.5) is 10.5 Å². The molecule has 5 nitrogen and oxygen atoms in total. The van der Waals surface area contributed by atoms with Crippen molar-refractivity contribution in [1.29, 1.82) is 0 Å². The number of carboxylic acid groups (broad SMARTS) is 1. The van der Waals surface area contributed by atoms with E-state index in [1.54, 1.807) is 4.90 Å². The van der Waals surface area contributed by atoms with Crippen LogP contribution in [0.1, 0.15) is 0 Å². The molecule has 0 radical (unpaired) electrons. The molecule has 0 bridgehead atoms. The van der Waals surface area contributed by atoms with E-state index in [1.165, 1.54) is 11.3 Å². The highest BCUT2D eigenvalue weighted by molar-refractivity contribution is 7.08. The second-order valence-corrected chi connectivity index (χ2v) is 4.01. The van der Waals surface area contributed by atoms with E-state index in [4.69, 9.17) is 5.11 Å². The van der Waals surface area contributed by atoms with Crippen LogP contribution in [0.25, 0.3) is 0 Å². The minimum absolute atomic E-state index is 0.0504. The Kier molecular flexibility index (Phi) is 2.59. The van der Waals surface area contributed by atoms with Gasteiger partial charge in [-0.15, -0.1) is 0 Å². The largest absolute Gasteiger partial charge is 0.465 e. The summed E-state index contributed by atoms with van der Waals surface area (Å²) >= 11 is 1.52.